The highest BCUT2D eigenvalue weighted by molar-refractivity contribution is 5.27. The standard InChI is InChI=1S/C22H34N2/c1-14-10-12-21(2)18-11-13-22(3)17(16(18)6-8-19(21)23-14)7-9-20(22)24-15-4-5-15/h8,15-18,20,23-24H,1,4-7,9-13H2,2-3H3. The van der Waals surface area contributed by atoms with Crippen LogP contribution in [-0.2, 0) is 0 Å². The first-order valence-electron chi connectivity index (χ1n) is 10.4. The monoisotopic (exact) mass is 326 g/mol. The van der Waals surface area contributed by atoms with Gasteiger partial charge in [-0.05, 0) is 81.0 Å². The first-order valence-corrected chi connectivity index (χ1v) is 10.4. The van der Waals surface area contributed by atoms with Crippen LogP contribution in [0.1, 0.15) is 71.6 Å². The predicted octanol–water partition coefficient (Wildman–Crippen LogP) is 4.74. The molecule has 1 saturated heterocycles. The van der Waals surface area contributed by atoms with Gasteiger partial charge in [-0.1, -0.05) is 26.5 Å². The number of nitrogens with one attached hydrogen (secondary N) is 2. The molecule has 6 atom stereocenters. The first-order chi connectivity index (χ1) is 11.5. The van der Waals surface area contributed by atoms with E-state index >= 15 is 0 Å². The van der Waals surface area contributed by atoms with Gasteiger partial charge in [0.25, 0.3) is 0 Å². The van der Waals surface area contributed by atoms with Crippen LogP contribution in [0.4, 0.5) is 0 Å². The van der Waals surface area contributed by atoms with Crippen LogP contribution in [0.25, 0.3) is 0 Å². The van der Waals surface area contributed by atoms with E-state index in [9.17, 15) is 0 Å². The Balaban J connectivity index is 1.43. The molecule has 5 aliphatic rings. The average Bonchev–Trinajstić information content (AvgIpc) is 3.31. The SMILES string of the molecule is C=C1CCC2(C)C(=CCC3C2CCC2(C)C(NC4CC4)CCC32)N1. The maximum Gasteiger partial charge on any atom is 0.0171 e. The van der Waals surface area contributed by atoms with Gasteiger partial charge < -0.3 is 10.6 Å². The van der Waals surface area contributed by atoms with Gasteiger partial charge in [0.1, 0.15) is 0 Å². The molecule has 0 aromatic heterocycles. The summed E-state index contributed by atoms with van der Waals surface area (Å²) in [7, 11) is 0. The molecule has 3 saturated carbocycles. The van der Waals surface area contributed by atoms with Gasteiger partial charge in [-0.15, -0.1) is 0 Å². The van der Waals surface area contributed by atoms with Crippen molar-refractivity contribution in [3.63, 3.8) is 0 Å². The van der Waals surface area contributed by atoms with Gasteiger partial charge in [0.05, 0.1) is 0 Å². The minimum Gasteiger partial charge on any atom is -0.363 e. The minimum absolute atomic E-state index is 0.382. The maximum atomic E-state index is 4.19. The molecule has 4 fully saturated rings. The van der Waals surface area contributed by atoms with Gasteiger partial charge in [0, 0.05) is 28.9 Å². The third-order valence-electron chi connectivity index (χ3n) is 8.74. The van der Waals surface area contributed by atoms with Crippen LogP contribution in [0, 0.1) is 28.6 Å². The van der Waals surface area contributed by atoms with Gasteiger partial charge in [-0.3, -0.25) is 0 Å². The molecular formula is C22H34N2. The lowest BCUT2D eigenvalue weighted by Crippen LogP contribution is -2.54. The van der Waals surface area contributed by atoms with Crippen molar-refractivity contribution >= 4 is 0 Å². The molecule has 4 aliphatic carbocycles. The zero-order chi connectivity index (χ0) is 16.5. The summed E-state index contributed by atoms with van der Waals surface area (Å²) in [5.74, 6) is 2.74. The van der Waals surface area contributed by atoms with E-state index in [1.165, 1.54) is 62.8 Å². The first kappa shape index (κ1) is 15.5. The Hall–Kier alpha value is -0.760. The molecule has 1 heterocycles. The topological polar surface area (TPSA) is 24.1 Å². The van der Waals surface area contributed by atoms with Crippen LogP contribution in [0.2, 0.25) is 0 Å². The van der Waals surface area contributed by atoms with Gasteiger partial charge >= 0.3 is 0 Å². The number of hydrogen-bond acceptors (Lipinski definition) is 2. The summed E-state index contributed by atoms with van der Waals surface area (Å²) in [6.07, 6.45) is 14.9. The van der Waals surface area contributed by atoms with Crippen LogP contribution < -0.4 is 10.6 Å². The second-order valence-electron chi connectivity index (χ2n) is 9.99. The zero-order valence-corrected chi connectivity index (χ0v) is 15.5. The zero-order valence-electron chi connectivity index (χ0n) is 15.5. The molecule has 1 aliphatic heterocycles. The van der Waals surface area contributed by atoms with Crippen molar-refractivity contribution in [1.82, 2.24) is 10.6 Å². The van der Waals surface area contributed by atoms with E-state index in [-0.39, 0.29) is 0 Å². The number of rotatable bonds is 2. The fraction of sp³-hybridized carbons (Fsp3) is 0.818. The molecule has 5 rings (SSSR count). The summed E-state index contributed by atoms with van der Waals surface area (Å²) in [4.78, 5) is 0. The maximum absolute atomic E-state index is 4.19. The minimum atomic E-state index is 0.382. The highest BCUT2D eigenvalue weighted by Crippen LogP contribution is 2.64. The van der Waals surface area contributed by atoms with Crippen LogP contribution >= 0.6 is 0 Å². The fourth-order valence-corrected chi connectivity index (χ4v) is 7.08. The summed E-state index contributed by atoms with van der Waals surface area (Å²) in [5, 5.41) is 7.68. The van der Waals surface area contributed by atoms with Gasteiger partial charge in [0.2, 0.25) is 0 Å². The molecule has 0 spiro atoms. The van der Waals surface area contributed by atoms with Crippen molar-refractivity contribution in [2.75, 3.05) is 0 Å². The van der Waals surface area contributed by atoms with Crippen LogP contribution in [0.3, 0.4) is 0 Å². The van der Waals surface area contributed by atoms with Crippen LogP contribution in [0.5, 0.6) is 0 Å². The molecular weight excluding hydrogens is 292 g/mol. The van der Waals surface area contributed by atoms with E-state index in [1.807, 2.05) is 0 Å². The Morgan fingerprint density at radius 2 is 1.92 bits per heavy atom. The summed E-state index contributed by atoms with van der Waals surface area (Å²) >= 11 is 0. The second kappa shape index (κ2) is 5.13. The summed E-state index contributed by atoms with van der Waals surface area (Å²) in [6.45, 7) is 9.36. The molecule has 0 amide bonds. The lowest BCUT2D eigenvalue weighted by atomic mass is 9.49. The van der Waals surface area contributed by atoms with Crippen molar-refractivity contribution in [2.45, 2.75) is 83.7 Å². The molecule has 2 N–H and O–H groups in total. The molecule has 132 valence electrons. The van der Waals surface area contributed by atoms with Crippen molar-refractivity contribution in [1.29, 1.82) is 0 Å². The lowest BCUT2D eigenvalue weighted by molar-refractivity contribution is -0.0332. The number of piperidine rings is 1. The van der Waals surface area contributed by atoms with Crippen molar-refractivity contribution in [3.05, 3.63) is 24.0 Å². The Labute approximate surface area is 147 Å². The van der Waals surface area contributed by atoms with E-state index in [0.29, 0.717) is 10.8 Å². The van der Waals surface area contributed by atoms with Crippen molar-refractivity contribution < 1.29 is 0 Å². The summed E-state index contributed by atoms with van der Waals surface area (Å²) in [6, 6.07) is 1.64. The Kier molecular flexibility index (Phi) is 3.31. The molecule has 24 heavy (non-hydrogen) atoms. The molecule has 0 bridgehead atoms. The second-order valence-corrected chi connectivity index (χ2v) is 9.99. The van der Waals surface area contributed by atoms with E-state index in [4.69, 9.17) is 0 Å². The van der Waals surface area contributed by atoms with E-state index < -0.39 is 0 Å². The summed E-state index contributed by atoms with van der Waals surface area (Å²) < 4.78 is 0. The number of fused-ring (bicyclic) bond motifs is 5. The quantitative estimate of drug-likeness (QED) is 0.766. The molecule has 6 unspecified atom stereocenters. The van der Waals surface area contributed by atoms with Crippen LogP contribution in [-0.4, -0.2) is 12.1 Å². The normalized spacial score (nSPS) is 50.4. The molecule has 2 nitrogen and oxygen atoms in total. The highest BCUT2D eigenvalue weighted by Gasteiger charge is 2.58. The molecule has 0 aromatic carbocycles. The van der Waals surface area contributed by atoms with Crippen LogP contribution in [0.15, 0.2) is 24.0 Å². The number of hydrogen-bond donors (Lipinski definition) is 2. The Morgan fingerprint density at radius 1 is 1.08 bits per heavy atom. The molecule has 0 aromatic rings. The number of allylic oxidation sites excluding steroid dienone is 3. The predicted molar refractivity (Wildman–Crippen MR) is 99.3 cm³/mol. The van der Waals surface area contributed by atoms with Crippen molar-refractivity contribution in [2.24, 2.45) is 28.6 Å². The smallest absolute Gasteiger partial charge is 0.0171 e. The van der Waals surface area contributed by atoms with E-state index in [0.717, 1.165) is 36.3 Å². The highest BCUT2D eigenvalue weighted by atomic mass is 15.0. The largest absolute Gasteiger partial charge is 0.363 e. The van der Waals surface area contributed by atoms with Gasteiger partial charge in [0.15, 0.2) is 0 Å². The molecule has 0 radical (unpaired) electrons. The Morgan fingerprint density at radius 3 is 2.71 bits per heavy atom. The fourth-order valence-electron chi connectivity index (χ4n) is 7.08. The third kappa shape index (κ3) is 2.11. The third-order valence-corrected chi connectivity index (χ3v) is 8.74. The van der Waals surface area contributed by atoms with Gasteiger partial charge in [-0.2, -0.15) is 0 Å². The Bertz CT molecular complexity index is 589. The average molecular weight is 327 g/mol. The van der Waals surface area contributed by atoms with E-state index in [2.05, 4.69) is 37.1 Å². The summed E-state index contributed by atoms with van der Waals surface area (Å²) in [5.41, 5.74) is 3.67. The van der Waals surface area contributed by atoms with E-state index in [1.54, 1.807) is 0 Å². The molecule has 2 heteroatoms. The van der Waals surface area contributed by atoms with Gasteiger partial charge in [-0.25, -0.2) is 0 Å². The van der Waals surface area contributed by atoms with Crippen molar-refractivity contribution in [3.8, 4) is 0 Å². The lowest BCUT2D eigenvalue weighted by Gasteiger charge is -2.57.